The van der Waals surface area contributed by atoms with E-state index in [4.69, 9.17) is 21.1 Å². The molecule has 0 fully saturated rings. The number of nitrogens with zero attached hydrogens (tertiary/aromatic N) is 1. The minimum atomic E-state index is -1.06. The second-order valence-electron chi connectivity index (χ2n) is 7.67. The van der Waals surface area contributed by atoms with Gasteiger partial charge in [-0.15, -0.1) is 0 Å². The molecular formula is C23H26ClN3O7. The molecule has 0 aliphatic heterocycles. The average Bonchev–Trinajstić information content (AvgIpc) is 2.81. The molecular weight excluding hydrogens is 466 g/mol. The number of rotatable bonds is 11. The third-order valence-electron chi connectivity index (χ3n) is 4.85. The summed E-state index contributed by atoms with van der Waals surface area (Å²) in [5.74, 6) is -1.61. The number of esters is 1. The first-order valence-electron chi connectivity index (χ1n) is 10.4. The molecule has 2 amide bonds. The lowest BCUT2D eigenvalue weighted by atomic mass is 10.0. The number of nitrogens with one attached hydrogen (secondary N) is 2. The smallest absolute Gasteiger partial charge is 0.329 e. The molecule has 0 aromatic heterocycles. The van der Waals surface area contributed by atoms with E-state index in [1.165, 1.54) is 12.1 Å². The zero-order valence-electron chi connectivity index (χ0n) is 19.0. The third-order valence-corrected chi connectivity index (χ3v) is 5.17. The van der Waals surface area contributed by atoms with E-state index < -0.39 is 41.0 Å². The van der Waals surface area contributed by atoms with Crippen molar-refractivity contribution in [2.45, 2.75) is 26.3 Å². The second kappa shape index (κ2) is 12.5. The molecule has 0 radical (unpaired) electrons. The molecule has 0 saturated carbocycles. The number of amides is 2. The number of hydrogen-bond acceptors (Lipinski definition) is 7. The summed E-state index contributed by atoms with van der Waals surface area (Å²) in [6.45, 7) is 3.21. The Morgan fingerprint density at radius 1 is 1.12 bits per heavy atom. The highest BCUT2D eigenvalue weighted by Gasteiger charge is 2.27. The highest BCUT2D eigenvalue weighted by molar-refractivity contribution is 6.32. The van der Waals surface area contributed by atoms with Gasteiger partial charge in [-0.2, -0.15) is 0 Å². The van der Waals surface area contributed by atoms with Gasteiger partial charge in [0, 0.05) is 18.2 Å². The lowest BCUT2D eigenvalue weighted by Gasteiger charge is -2.20. The van der Waals surface area contributed by atoms with Crippen LogP contribution in [0.1, 0.15) is 29.8 Å². The van der Waals surface area contributed by atoms with Gasteiger partial charge >= 0.3 is 5.97 Å². The summed E-state index contributed by atoms with van der Waals surface area (Å²) in [7, 11) is 1.58. The quantitative estimate of drug-likeness (QED) is 0.280. The predicted molar refractivity (Wildman–Crippen MR) is 125 cm³/mol. The summed E-state index contributed by atoms with van der Waals surface area (Å²) in [5, 5.41) is 16.1. The van der Waals surface area contributed by atoms with Crippen LogP contribution in [-0.4, -0.2) is 49.0 Å². The second-order valence-corrected chi connectivity index (χ2v) is 8.08. The minimum absolute atomic E-state index is 0.0363. The number of carbonyl (C=O) groups excluding carboxylic acids is 3. The van der Waals surface area contributed by atoms with Crippen LogP contribution in [0.2, 0.25) is 5.02 Å². The van der Waals surface area contributed by atoms with E-state index in [0.717, 1.165) is 17.4 Å². The Bertz CT molecular complexity index is 1040. The SMILES string of the molecule is COc1ccc(CCNC(=O)COC(=O)[C@@H](NC(=O)c2ccc(Cl)c([N+](=O)[O-])c2)C(C)C)cc1. The van der Waals surface area contributed by atoms with Gasteiger partial charge in [0.05, 0.1) is 12.0 Å². The van der Waals surface area contributed by atoms with E-state index >= 15 is 0 Å². The molecule has 0 aliphatic carbocycles. The third kappa shape index (κ3) is 7.73. The van der Waals surface area contributed by atoms with Crippen molar-refractivity contribution in [2.75, 3.05) is 20.3 Å². The zero-order chi connectivity index (χ0) is 25.3. The van der Waals surface area contributed by atoms with E-state index in [0.29, 0.717) is 13.0 Å². The fourth-order valence-electron chi connectivity index (χ4n) is 2.93. The van der Waals surface area contributed by atoms with Crippen molar-refractivity contribution in [2.24, 2.45) is 5.92 Å². The molecule has 2 aromatic rings. The molecule has 0 bridgehead atoms. The van der Waals surface area contributed by atoms with Gasteiger partial charge in [-0.1, -0.05) is 37.6 Å². The van der Waals surface area contributed by atoms with Crippen LogP contribution >= 0.6 is 11.6 Å². The van der Waals surface area contributed by atoms with Crippen molar-refractivity contribution in [3.8, 4) is 5.75 Å². The van der Waals surface area contributed by atoms with Crippen molar-refractivity contribution in [1.82, 2.24) is 10.6 Å². The summed E-state index contributed by atoms with van der Waals surface area (Å²) < 4.78 is 10.2. The molecule has 1 atom stereocenters. The first-order valence-corrected chi connectivity index (χ1v) is 10.8. The van der Waals surface area contributed by atoms with Crippen molar-refractivity contribution < 1.29 is 28.8 Å². The topological polar surface area (TPSA) is 137 Å². The Morgan fingerprint density at radius 2 is 1.79 bits per heavy atom. The molecule has 2 rings (SSSR count). The first kappa shape index (κ1) is 26.6. The summed E-state index contributed by atoms with van der Waals surface area (Å²) in [5.41, 5.74) is 0.540. The van der Waals surface area contributed by atoms with E-state index in [9.17, 15) is 24.5 Å². The fraction of sp³-hybridized carbons (Fsp3) is 0.348. The van der Waals surface area contributed by atoms with Crippen LogP contribution in [0.4, 0.5) is 5.69 Å². The summed E-state index contributed by atoms with van der Waals surface area (Å²) in [6, 6.07) is 9.91. The lowest BCUT2D eigenvalue weighted by Crippen LogP contribution is -2.46. The molecule has 2 N–H and O–H groups in total. The highest BCUT2D eigenvalue weighted by atomic mass is 35.5. The fourth-order valence-corrected chi connectivity index (χ4v) is 3.12. The number of benzene rings is 2. The molecule has 0 spiro atoms. The van der Waals surface area contributed by atoms with Crippen LogP contribution < -0.4 is 15.4 Å². The van der Waals surface area contributed by atoms with Gasteiger partial charge in [0.25, 0.3) is 17.5 Å². The van der Waals surface area contributed by atoms with Crippen LogP contribution in [0.15, 0.2) is 42.5 Å². The molecule has 0 heterocycles. The number of ether oxygens (including phenoxy) is 2. The maximum absolute atomic E-state index is 12.5. The van der Waals surface area contributed by atoms with Crippen LogP contribution in [0.3, 0.4) is 0 Å². The number of hydrogen-bond donors (Lipinski definition) is 2. The number of nitro benzene ring substituents is 1. The van der Waals surface area contributed by atoms with Gasteiger partial charge in [0.1, 0.15) is 16.8 Å². The number of carbonyl (C=O) groups is 3. The lowest BCUT2D eigenvalue weighted by molar-refractivity contribution is -0.384. The van der Waals surface area contributed by atoms with E-state index in [1.807, 2.05) is 24.3 Å². The van der Waals surface area contributed by atoms with Gasteiger partial charge in [0.15, 0.2) is 6.61 Å². The van der Waals surface area contributed by atoms with Gasteiger partial charge < -0.3 is 20.1 Å². The standard InChI is InChI=1S/C23H26ClN3O7/c1-14(2)21(26-22(29)16-6-9-18(24)19(12-16)27(31)32)23(30)34-13-20(28)25-11-10-15-4-7-17(33-3)8-5-15/h4-9,12,14,21H,10-11,13H2,1-3H3,(H,25,28)(H,26,29)/t21-/m0/s1. The monoisotopic (exact) mass is 491 g/mol. The summed E-state index contributed by atoms with van der Waals surface area (Å²) >= 11 is 5.77. The molecule has 0 saturated heterocycles. The van der Waals surface area contributed by atoms with Crippen LogP contribution in [0, 0.1) is 16.0 Å². The first-order chi connectivity index (χ1) is 16.1. The summed E-state index contributed by atoms with van der Waals surface area (Å²) in [4.78, 5) is 47.4. The van der Waals surface area contributed by atoms with E-state index in [2.05, 4.69) is 10.6 Å². The normalized spacial score (nSPS) is 11.4. The Hall–Kier alpha value is -3.66. The number of halogens is 1. The Labute approximate surface area is 201 Å². The Kier molecular flexibility index (Phi) is 9.81. The minimum Gasteiger partial charge on any atom is -0.497 e. The maximum Gasteiger partial charge on any atom is 0.329 e. The zero-order valence-corrected chi connectivity index (χ0v) is 19.8. The van der Waals surface area contributed by atoms with Crippen LogP contribution in [-0.2, 0) is 20.7 Å². The van der Waals surface area contributed by atoms with Crippen molar-refractivity contribution in [1.29, 1.82) is 0 Å². The van der Waals surface area contributed by atoms with Gasteiger partial charge in [0.2, 0.25) is 0 Å². The number of methoxy groups -OCH3 is 1. The van der Waals surface area contributed by atoms with Gasteiger partial charge in [-0.05, 0) is 42.2 Å². The Balaban J connectivity index is 1.86. The molecule has 34 heavy (non-hydrogen) atoms. The number of nitro groups is 1. The van der Waals surface area contributed by atoms with Crippen molar-refractivity contribution >= 4 is 35.1 Å². The molecule has 182 valence electrons. The molecule has 10 nitrogen and oxygen atoms in total. The summed E-state index contributed by atoms with van der Waals surface area (Å²) in [6.07, 6.45) is 0.585. The highest BCUT2D eigenvalue weighted by Crippen LogP contribution is 2.25. The average molecular weight is 492 g/mol. The van der Waals surface area contributed by atoms with Gasteiger partial charge in [-0.3, -0.25) is 19.7 Å². The Morgan fingerprint density at radius 3 is 2.38 bits per heavy atom. The maximum atomic E-state index is 12.5. The molecule has 2 aromatic carbocycles. The van der Waals surface area contributed by atoms with Crippen LogP contribution in [0.25, 0.3) is 0 Å². The molecule has 11 heteroatoms. The van der Waals surface area contributed by atoms with Crippen molar-refractivity contribution in [3.63, 3.8) is 0 Å². The molecule has 0 aliphatic rings. The van der Waals surface area contributed by atoms with E-state index in [-0.39, 0.29) is 16.5 Å². The molecule has 0 unspecified atom stereocenters. The predicted octanol–water partition coefficient (Wildman–Crippen LogP) is 2.91. The van der Waals surface area contributed by atoms with E-state index in [1.54, 1.807) is 21.0 Å². The van der Waals surface area contributed by atoms with Gasteiger partial charge in [-0.25, -0.2) is 4.79 Å². The van der Waals surface area contributed by atoms with Crippen molar-refractivity contribution in [3.05, 3.63) is 68.7 Å². The van der Waals surface area contributed by atoms with Crippen LogP contribution in [0.5, 0.6) is 5.75 Å². The largest absolute Gasteiger partial charge is 0.497 e.